The Bertz CT molecular complexity index is 486. The second-order valence-corrected chi connectivity index (χ2v) is 4.78. The zero-order chi connectivity index (χ0) is 14.4. The lowest BCUT2D eigenvalue weighted by Gasteiger charge is -2.15. The van der Waals surface area contributed by atoms with Crippen molar-refractivity contribution in [3.63, 3.8) is 0 Å². The number of hydrogen-bond donors (Lipinski definition) is 1. The van der Waals surface area contributed by atoms with Gasteiger partial charge in [-0.1, -0.05) is 18.5 Å². The molecular formula is C14H19ClN2O2. The van der Waals surface area contributed by atoms with Gasteiger partial charge in [-0.25, -0.2) is 5.43 Å². The van der Waals surface area contributed by atoms with Crippen LogP contribution in [0.15, 0.2) is 23.3 Å². The number of carbonyl (C=O) groups is 1. The van der Waals surface area contributed by atoms with Gasteiger partial charge in [0.1, 0.15) is 5.75 Å². The summed E-state index contributed by atoms with van der Waals surface area (Å²) in [5, 5.41) is 4.60. The Morgan fingerprint density at radius 3 is 2.79 bits per heavy atom. The van der Waals surface area contributed by atoms with E-state index < -0.39 is 6.10 Å². The molecule has 5 heteroatoms. The fourth-order valence-electron chi connectivity index (χ4n) is 1.31. The van der Waals surface area contributed by atoms with Crippen LogP contribution in [0.1, 0.15) is 32.8 Å². The standard InChI is InChI=1S/C14H19ClN2O2/c1-5-10(3)16-17-14(18)11(4)19-13-7-6-12(15)8-9(13)2/h6-8,11H,5H2,1-4H3,(H,17,18)/b16-10-/t11-/m0/s1. The molecule has 0 saturated heterocycles. The molecular weight excluding hydrogens is 264 g/mol. The van der Waals surface area contributed by atoms with Crippen molar-refractivity contribution in [2.45, 2.75) is 40.2 Å². The highest BCUT2D eigenvalue weighted by molar-refractivity contribution is 6.30. The Kier molecular flexibility index (Phi) is 5.83. The molecule has 1 rings (SSSR count). The fourth-order valence-corrected chi connectivity index (χ4v) is 1.54. The van der Waals surface area contributed by atoms with Gasteiger partial charge >= 0.3 is 0 Å². The Hall–Kier alpha value is -1.55. The highest BCUT2D eigenvalue weighted by Gasteiger charge is 2.15. The van der Waals surface area contributed by atoms with Crippen molar-refractivity contribution in [3.05, 3.63) is 28.8 Å². The van der Waals surface area contributed by atoms with Crippen LogP contribution in [-0.4, -0.2) is 17.7 Å². The minimum atomic E-state index is -0.617. The first-order valence-corrected chi connectivity index (χ1v) is 6.57. The summed E-state index contributed by atoms with van der Waals surface area (Å²) < 4.78 is 5.59. The highest BCUT2D eigenvalue weighted by atomic mass is 35.5. The SMILES string of the molecule is CC/C(C)=N\NC(=O)[C@H](C)Oc1ccc(Cl)cc1C. The largest absolute Gasteiger partial charge is 0.481 e. The van der Waals surface area contributed by atoms with E-state index in [2.05, 4.69) is 10.5 Å². The number of rotatable bonds is 5. The Labute approximate surface area is 118 Å². The number of halogens is 1. The van der Waals surface area contributed by atoms with E-state index in [-0.39, 0.29) is 5.91 Å². The monoisotopic (exact) mass is 282 g/mol. The van der Waals surface area contributed by atoms with Crippen LogP contribution < -0.4 is 10.2 Å². The van der Waals surface area contributed by atoms with Crippen molar-refractivity contribution < 1.29 is 9.53 Å². The number of nitrogens with one attached hydrogen (secondary N) is 1. The molecule has 0 aliphatic carbocycles. The quantitative estimate of drug-likeness (QED) is 0.665. The summed E-state index contributed by atoms with van der Waals surface area (Å²) in [5.74, 6) is 0.366. The fraction of sp³-hybridized carbons (Fsp3) is 0.429. The van der Waals surface area contributed by atoms with Crippen molar-refractivity contribution in [2.24, 2.45) is 5.10 Å². The molecule has 1 amide bonds. The Balaban J connectivity index is 2.63. The average Bonchev–Trinajstić information content (AvgIpc) is 2.38. The molecule has 4 nitrogen and oxygen atoms in total. The molecule has 0 radical (unpaired) electrons. The van der Waals surface area contributed by atoms with Crippen molar-refractivity contribution in [1.29, 1.82) is 0 Å². The first kappa shape index (κ1) is 15.5. The van der Waals surface area contributed by atoms with Gasteiger partial charge in [0.25, 0.3) is 5.91 Å². The van der Waals surface area contributed by atoms with Gasteiger partial charge in [0.2, 0.25) is 0 Å². The predicted molar refractivity (Wildman–Crippen MR) is 77.8 cm³/mol. The number of hydrazone groups is 1. The van der Waals surface area contributed by atoms with Gasteiger partial charge in [-0.3, -0.25) is 4.79 Å². The molecule has 0 spiro atoms. The molecule has 0 aliphatic rings. The number of benzene rings is 1. The molecule has 1 N–H and O–H groups in total. The number of nitrogens with zero attached hydrogens (tertiary/aromatic N) is 1. The third-order valence-corrected chi connectivity index (χ3v) is 2.91. The lowest BCUT2D eigenvalue weighted by Crippen LogP contribution is -2.34. The van der Waals surface area contributed by atoms with E-state index in [4.69, 9.17) is 16.3 Å². The van der Waals surface area contributed by atoms with Crippen LogP contribution in [-0.2, 0) is 4.79 Å². The smallest absolute Gasteiger partial charge is 0.280 e. The lowest BCUT2D eigenvalue weighted by molar-refractivity contribution is -0.127. The maximum atomic E-state index is 11.8. The molecule has 0 unspecified atom stereocenters. The molecule has 0 aliphatic heterocycles. The van der Waals surface area contributed by atoms with Gasteiger partial charge in [-0.15, -0.1) is 0 Å². The highest BCUT2D eigenvalue weighted by Crippen LogP contribution is 2.22. The molecule has 0 aromatic heterocycles. The third-order valence-electron chi connectivity index (χ3n) is 2.68. The van der Waals surface area contributed by atoms with Crippen LogP contribution in [0.3, 0.4) is 0 Å². The average molecular weight is 283 g/mol. The molecule has 0 heterocycles. The Morgan fingerprint density at radius 1 is 1.53 bits per heavy atom. The second kappa shape index (κ2) is 7.14. The molecule has 0 saturated carbocycles. The van der Waals surface area contributed by atoms with Gasteiger partial charge in [-0.2, -0.15) is 5.10 Å². The van der Waals surface area contributed by atoms with E-state index in [0.29, 0.717) is 10.8 Å². The van der Waals surface area contributed by atoms with Crippen LogP contribution in [0.4, 0.5) is 0 Å². The van der Waals surface area contributed by atoms with Crippen LogP contribution in [0.2, 0.25) is 5.02 Å². The molecule has 1 aromatic carbocycles. The van der Waals surface area contributed by atoms with Crippen LogP contribution >= 0.6 is 11.6 Å². The molecule has 104 valence electrons. The van der Waals surface area contributed by atoms with E-state index >= 15 is 0 Å². The normalized spacial score (nSPS) is 13.0. The van der Waals surface area contributed by atoms with E-state index in [9.17, 15) is 4.79 Å². The Morgan fingerprint density at radius 2 is 2.21 bits per heavy atom. The number of carbonyl (C=O) groups excluding carboxylic acids is 1. The predicted octanol–water partition coefficient (Wildman–Crippen LogP) is 3.32. The maximum absolute atomic E-state index is 11.8. The van der Waals surface area contributed by atoms with Gasteiger partial charge in [0.05, 0.1) is 0 Å². The number of hydrogen-bond acceptors (Lipinski definition) is 3. The summed E-state index contributed by atoms with van der Waals surface area (Å²) in [5.41, 5.74) is 4.24. The van der Waals surface area contributed by atoms with E-state index in [1.807, 2.05) is 20.8 Å². The van der Waals surface area contributed by atoms with Gasteiger partial charge in [-0.05, 0) is 51.0 Å². The van der Waals surface area contributed by atoms with Crippen LogP contribution in [0.25, 0.3) is 0 Å². The summed E-state index contributed by atoms with van der Waals surface area (Å²) in [6.07, 6.45) is 0.180. The van der Waals surface area contributed by atoms with E-state index in [1.165, 1.54) is 0 Å². The van der Waals surface area contributed by atoms with Crippen LogP contribution in [0, 0.1) is 6.92 Å². The lowest BCUT2D eigenvalue weighted by atomic mass is 10.2. The summed E-state index contributed by atoms with van der Waals surface area (Å²) in [4.78, 5) is 11.8. The van der Waals surface area contributed by atoms with Crippen molar-refractivity contribution in [3.8, 4) is 5.75 Å². The first-order chi connectivity index (χ1) is 8.93. The maximum Gasteiger partial charge on any atom is 0.280 e. The molecule has 19 heavy (non-hydrogen) atoms. The minimum absolute atomic E-state index is 0.276. The zero-order valence-corrected chi connectivity index (χ0v) is 12.4. The second-order valence-electron chi connectivity index (χ2n) is 4.35. The number of ether oxygens (including phenoxy) is 1. The van der Waals surface area contributed by atoms with E-state index in [0.717, 1.165) is 17.7 Å². The summed E-state index contributed by atoms with van der Waals surface area (Å²) in [6, 6.07) is 5.27. The number of aryl methyl sites for hydroxylation is 1. The van der Waals surface area contributed by atoms with Crippen molar-refractivity contribution >= 4 is 23.2 Å². The minimum Gasteiger partial charge on any atom is -0.481 e. The van der Waals surface area contributed by atoms with Crippen molar-refractivity contribution in [1.82, 2.24) is 5.43 Å². The topological polar surface area (TPSA) is 50.7 Å². The van der Waals surface area contributed by atoms with Crippen LogP contribution in [0.5, 0.6) is 5.75 Å². The summed E-state index contributed by atoms with van der Waals surface area (Å²) >= 11 is 5.86. The summed E-state index contributed by atoms with van der Waals surface area (Å²) in [6.45, 7) is 7.39. The molecule has 0 fully saturated rings. The van der Waals surface area contributed by atoms with Gasteiger partial charge < -0.3 is 4.74 Å². The van der Waals surface area contributed by atoms with Crippen molar-refractivity contribution in [2.75, 3.05) is 0 Å². The van der Waals surface area contributed by atoms with E-state index in [1.54, 1.807) is 25.1 Å². The first-order valence-electron chi connectivity index (χ1n) is 6.19. The molecule has 1 aromatic rings. The third kappa shape index (κ3) is 4.91. The number of amides is 1. The van der Waals surface area contributed by atoms with Gasteiger partial charge in [0, 0.05) is 10.7 Å². The molecule has 0 bridgehead atoms. The van der Waals surface area contributed by atoms with Gasteiger partial charge in [0.15, 0.2) is 6.10 Å². The molecule has 1 atom stereocenters. The zero-order valence-electron chi connectivity index (χ0n) is 11.7. The summed E-state index contributed by atoms with van der Waals surface area (Å²) in [7, 11) is 0.